The van der Waals surface area contributed by atoms with E-state index in [-0.39, 0.29) is 23.4 Å². The molecular weight excluding hydrogens is 321 g/mol. The van der Waals surface area contributed by atoms with Crippen molar-refractivity contribution in [1.82, 2.24) is 0 Å². The van der Waals surface area contributed by atoms with Gasteiger partial charge in [-0.3, -0.25) is 10.1 Å². The van der Waals surface area contributed by atoms with Crippen LogP contribution in [-0.2, 0) is 0 Å². The molecule has 0 aliphatic carbocycles. The molecule has 0 unspecified atom stereocenters. The van der Waals surface area contributed by atoms with Crippen LogP contribution in [-0.4, -0.2) is 23.2 Å². The fourth-order valence-electron chi connectivity index (χ4n) is 1.06. The Labute approximate surface area is 119 Å². The van der Waals surface area contributed by atoms with Gasteiger partial charge in [0, 0.05) is 6.07 Å². The van der Waals surface area contributed by atoms with Gasteiger partial charge < -0.3 is 9.84 Å². The van der Waals surface area contributed by atoms with Gasteiger partial charge in [-0.15, -0.1) is 0 Å². The molecule has 7 heteroatoms. The zero-order valence-corrected chi connectivity index (χ0v) is 12.2. The molecule has 0 saturated carbocycles. The van der Waals surface area contributed by atoms with Crippen LogP contribution in [0.5, 0.6) is 5.75 Å². The number of rotatable bonds is 5. The highest BCUT2D eigenvalue weighted by atomic mass is 79.9. The molecule has 0 bridgehead atoms. The highest BCUT2D eigenvalue weighted by Gasteiger charge is 2.18. The summed E-state index contributed by atoms with van der Waals surface area (Å²) in [5, 5.41) is 19.1. The lowest BCUT2D eigenvalue weighted by molar-refractivity contribution is -0.386. The molecule has 1 N–H and O–H groups in total. The molecule has 1 aromatic rings. The van der Waals surface area contributed by atoms with Crippen LogP contribution >= 0.6 is 15.9 Å². The van der Waals surface area contributed by atoms with Crippen molar-refractivity contribution >= 4 is 21.6 Å². The zero-order chi connectivity index (χ0) is 14.8. The second-order valence-corrected chi connectivity index (χ2v) is 3.81. The first-order valence-electron chi connectivity index (χ1n) is 5.58. The third-order valence-corrected chi connectivity index (χ3v) is 2.41. The van der Waals surface area contributed by atoms with E-state index in [1.807, 2.05) is 13.8 Å². The second-order valence-electron chi connectivity index (χ2n) is 2.96. The van der Waals surface area contributed by atoms with Gasteiger partial charge >= 0.3 is 5.69 Å². The Morgan fingerprint density at radius 2 is 2.11 bits per heavy atom. The minimum absolute atomic E-state index is 0.0362. The van der Waals surface area contributed by atoms with E-state index in [9.17, 15) is 14.5 Å². The highest BCUT2D eigenvalue weighted by molar-refractivity contribution is 9.10. The molecule has 0 fully saturated rings. The number of hydrogen-bond donors (Lipinski definition) is 1. The van der Waals surface area contributed by atoms with Crippen molar-refractivity contribution < 1.29 is 19.2 Å². The van der Waals surface area contributed by atoms with Crippen LogP contribution < -0.4 is 4.74 Å². The summed E-state index contributed by atoms with van der Waals surface area (Å²) in [5.41, 5.74) is -0.442. The molecule has 0 heterocycles. The summed E-state index contributed by atoms with van der Waals surface area (Å²) in [4.78, 5) is 9.94. The smallest absolute Gasteiger partial charge is 0.313 e. The van der Waals surface area contributed by atoms with Crippen LogP contribution in [0.15, 0.2) is 28.8 Å². The summed E-state index contributed by atoms with van der Waals surface area (Å²) in [6.45, 7) is 3.91. The van der Waals surface area contributed by atoms with Crippen LogP contribution in [0, 0.1) is 15.9 Å². The van der Waals surface area contributed by atoms with Crippen LogP contribution in [0.3, 0.4) is 0 Å². The summed E-state index contributed by atoms with van der Waals surface area (Å²) in [5.74, 6) is -0.763. The molecule has 106 valence electrons. The Balaban J connectivity index is 0.00000154. The van der Waals surface area contributed by atoms with E-state index in [4.69, 9.17) is 9.84 Å². The van der Waals surface area contributed by atoms with Gasteiger partial charge in [0.05, 0.1) is 22.1 Å². The molecule has 1 rings (SSSR count). The topological polar surface area (TPSA) is 72.6 Å². The lowest BCUT2D eigenvalue weighted by Crippen LogP contribution is -1.99. The van der Waals surface area contributed by atoms with Gasteiger partial charge in [-0.05, 0) is 22.0 Å². The number of nitro benzene ring substituents is 1. The van der Waals surface area contributed by atoms with E-state index in [2.05, 4.69) is 15.9 Å². The minimum Gasteiger partial charge on any atom is -0.483 e. The number of nitrogens with zero attached hydrogens (tertiary/aromatic N) is 1. The lowest BCUT2D eigenvalue weighted by atomic mass is 10.3. The van der Waals surface area contributed by atoms with E-state index < -0.39 is 16.4 Å². The van der Waals surface area contributed by atoms with Crippen molar-refractivity contribution in [2.24, 2.45) is 0 Å². The number of aliphatic hydroxyl groups is 1. The van der Waals surface area contributed by atoms with E-state index in [0.29, 0.717) is 0 Å². The number of ether oxygens (including phenoxy) is 1. The summed E-state index contributed by atoms with van der Waals surface area (Å²) < 4.78 is 18.3. The van der Waals surface area contributed by atoms with Gasteiger partial charge in [0.15, 0.2) is 5.75 Å². The molecule has 0 amide bonds. The fraction of sp³-hybridized carbons (Fsp3) is 0.333. The van der Waals surface area contributed by atoms with Crippen molar-refractivity contribution in [3.8, 4) is 5.75 Å². The molecule has 0 atom stereocenters. The monoisotopic (exact) mass is 335 g/mol. The maximum absolute atomic E-state index is 13.1. The Kier molecular flexibility index (Phi) is 8.73. The molecule has 0 aliphatic heterocycles. The summed E-state index contributed by atoms with van der Waals surface area (Å²) >= 11 is 2.92. The molecule has 0 saturated heterocycles. The molecule has 1 aromatic carbocycles. The first-order valence-corrected chi connectivity index (χ1v) is 6.37. The number of halogens is 2. The van der Waals surface area contributed by atoms with Crippen molar-refractivity contribution in [2.45, 2.75) is 13.8 Å². The number of hydrogen-bond acceptors (Lipinski definition) is 4. The molecule has 0 radical (unpaired) electrons. The average Bonchev–Trinajstić information content (AvgIpc) is 2.40. The van der Waals surface area contributed by atoms with Crippen molar-refractivity contribution in [1.29, 1.82) is 0 Å². The van der Waals surface area contributed by atoms with Crippen LogP contribution in [0.4, 0.5) is 10.1 Å². The summed E-state index contributed by atoms with van der Waals surface area (Å²) in [6, 6.07) is 1.98. The molecule has 5 nitrogen and oxygen atoms in total. The maximum atomic E-state index is 13.1. The Morgan fingerprint density at radius 3 is 2.63 bits per heavy atom. The summed E-state index contributed by atoms with van der Waals surface area (Å²) in [6.07, 6.45) is 2.94. The molecule has 0 aromatic heterocycles. The van der Waals surface area contributed by atoms with Gasteiger partial charge in [0.2, 0.25) is 0 Å². The molecular formula is C12H15BrFNO4. The van der Waals surface area contributed by atoms with Gasteiger partial charge in [0.1, 0.15) is 12.4 Å². The van der Waals surface area contributed by atoms with Crippen molar-refractivity contribution in [3.05, 3.63) is 44.7 Å². The Morgan fingerprint density at radius 1 is 1.47 bits per heavy atom. The van der Waals surface area contributed by atoms with Gasteiger partial charge in [0.25, 0.3) is 0 Å². The second kappa shape index (κ2) is 9.46. The van der Waals surface area contributed by atoms with Gasteiger partial charge in [-0.25, -0.2) is 4.39 Å². The van der Waals surface area contributed by atoms with E-state index >= 15 is 0 Å². The van der Waals surface area contributed by atoms with Gasteiger partial charge in [-0.2, -0.15) is 0 Å². The lowest BCUT2D eigenvalue weighted by Gasteiger charge is -2.05. The molecule has 19 heavy (non-hydrogen) atoms. The number of benzene rings is 1. The zero-order valence-electron chi connectivity index (χ0n) is 10.6. The molecule has 0 spiro atoms. The summed E-state index contributed by atoms with van der Waals surface area (Å²) in [7, 11) is 0. The standard InChI is InChI=1S/C10H9BrFNO4.C2H6/c11-7-5-10(17-4-2-1-3-14)9(13(15)16)6-8(7)12;1-2/h1-2,5-6,14H,3-4H2;1-2H3/b2-1-;. The minimum atomic E-state index is -0.727. The first-order chi connectivity index (χ1) is 9.06. The predicted octanol–water partition coefficient (Wildman–Crippen LogP) is 3.45. The SMILES string of the molecule is CC.O=[N+]([O-])c1cc(F)c(Br)cc1OC/C=C\CO. The van der Waals surface area contributed by atoms with Crippen LogP contribution in [0.2, 0.25) is 0 Å². The largest absolute Gasteiger partial charge is 0.483 e. The van der Waals surface area contributed by atoms with E-state index in [0.717, 1.165) is 6.07 Å². The maximum Gasteiger partial charge on any atom is 0.313 e. The fourth-order valence-corrected chi connectivity index (χ4v) is 1.38. The van der Waals surface area contributed by atoms with Crippen LogP contribution in [0.25, 0.3) is 0 Å². The number of aliphatic hydroxyl groups excluding tert-OH is 1. The number of nitro groups is 1. The third kappa shape index (κ3) is 5.80. The normalized spacial score (nSPS) is 9.95. The van der Waals surface area contributed by atoms with Crippen LogP contribution in [0.1, 0.15) is 13.8 Å². The van der Waals surface area contributed by atoms with Crippen molar-refractivity contribution in [3.63, 3.8) is 0 Å². The van der Waals surface area contributed by atoms with Gasteiger partial charge in [-0.1, -0.05) is 19.9 Å². The average molecular weight is 336 g/mol. The van der Waals surface area contributed by atoms with Crippen molar-refractivity contribution in [2.75, 3.05) is 13.2 Å². The Bertz CT molecular complexity index is 452. The first kappa shape index (κ1) is 17.5. The molecule has 0 aliphatic rings. The van der Waals surface area contributed by atoms with E-state index in [1.165, 1.54) is 18.2 Å². The highest BCUT2D eigenvalue weighted by Crippen LogP contribution is 2.32. The van der Waals surface area contributed by atoms with E-state index in [1.54, 1.807) is 0 Å². The predicted molar refractivity (Wildman–Crippen MR) is 73.8 cm³/mol. The third-order valence-electron chi connectivity index (χ3n) is 1.81. The Hall–Kier alpha value is -1.47. The quantitative estimate of drug-likeness (QED) is 0.508.